The largest absolute Gasteiger partial charge is 0.378 e. The lowest BCUT2D eigenvalue weighted by Gasteiger charge is -2.59. The van der Waals surface area contributed by atoms with E-state index in [1.807, 2.05) is 0 Å². The summed E-state index contributed by atoms with van der Waals surface area (Å²) in [7, 11) is 0. The van der Waals surface area contributed by atoms with E-state index in [4.69, 9.17) is 25.7 Å². The summed E-state index contributed by atoms with van der Waals surface area (Å²) in [5, 5.41) is 0. The Morgan fingerprint density at radius 3 is 1.98 bits per heavy atom. The highest BCUT2D eigenvalue weighted by atomic mass is 16.5. The molecule has 0 bridgehead atoms. The molecule has 2 saturated carbocycles. The monoisotopic (exact) mass is 778 g/mol. The number of nitrogens with zero attached hydrogens (tertiary/aromatic N) is 1. The molecule has 2 aliphatic rings. The lowest BCUT2D eigenvalue weighted by atomic mass is 9.49. The van der Waals surface area contributed by atoms with Crippen LogP contribution in [0.2, 0.25) is 0 Å². The van der Waals surface area contributed by atoms with Gasteiger partial charge >= 0.3 is 0 Å². The fourth-order valence-electron chi connectivity index (χ4n) is 10.9. The zero-order chi connectivity index (χ0) is 40.7. The van der Waals surface area contributed by atoms with E-state index >= 15 is 0 Å². The van der Waals surface area contributed by atoms with Crippen molar-refractivity contribution in [3.05, 3.63) is 0 Å². The first-order chi connectivity index (χ1) is 26.5. The predicted octanol–water partition coefficient (Wildman–Crippen LogP) is 11.3. The summed E-state index contributed by atoms with van der Waals surface area (Å²) in [5.74, 6) is 2.87. The molecule has 7 heteroatoms. The van der Waals surface area contributed by atoms with Crippen molar-refractivity contribution >= 4 is 5.91 Å². The molecule has 7 nitrogen and oxygen atoms in total. The van der Waals surface area contributed by atoms with Gasteiger partial charge in [0.25, 0.3) is 0 Å². The zero-order valence-corrected chi connectivity index (χ0v) is 38.2. The van der Waals surface area contributed by atoms with Gasteiger partial charge in [0.05, 0.1) is 18.3 Å². The smallest absolute Gasteiger partial charge is 0.222 e. The second-order valence-corrected chi connectivity index (χ2v) is 18.8. The van der Waals surface area contributed by atoms with Crippen LogP contribution in [0.1, 0.15) is 197 Å². The van der Waals surface area contributed by atoms with E-state index in [1.165, 1.54) is 51.4 Å². The fourth-order valence-corrected chi connectivity index (χ4v) is 10.9. The van der Waals surface area contributed by atoms with Gasteiger partial charge in [-0.1, -0.05) is 107 Å². The summed E-state index contributed by atoms with van der Waals surface area (Å²) < 4.78 is 20.4. The maximum atomic E-state index is 13.9. The molecule has 0 saturated heterocycles. The van der Waals surface area contributed by atoms with Crippen LogP contribution in [-0.2, 0) is 19.0 Å². The third kappa shape index (κ3) is 15.8. The normalized spacial score (nSPS) is 25.8. The second kappa shape index (κ2) is 27.9. The molecule has 326 valence electrons. The Morgan fingerprint density at radius 1 is 0.782 bits per heavy atom. The van der Waals surface area contributed by atoms with Crippen LogP contribution in [0.15, 0.2) is 0 Å². The van der Waals surface area contributed by atoms with Crippen molar-refractivity contribution in [1.29, 1.82) is 0 Å². The zero-order valence-electron chi connectivity index (χ0n) is 38.2. The molecule has 0 radical (unpaired) electrons. The topological polar surface area (TPSA) is 100 Å². The number of carbonyl (C=O) groups is 1. The summed E-state index contributed by atoms with van der Waals surface area (Å²) in [4.78, 5) is 16.1. The fraction of sp³-hybridized carbons (Fsp3) is 0.979. The highest BCUT2D eigenvalue weighted by Crippen LogP contribution is 2.65. The average molecular weight is 778 g/mol. The summed E-state index contributed by atoms with van der Waals surface area (Å²) >= 11 is 0. The molecule has 1 amide bonds. The molecule has 1 unspecified atom stereocenters. The Hall–Kier alpha value is -0.730. The van der Waals surface area contributed by atoms with Gasteiger partial charge in [0.1, 0.15) is 0 Å². The van der Waals surface area contributed by atoms with Crippen molar-refractivity contribution in [2.24, 2.45) is 51.9 Å². The first kappa shape index (κ1) is 50.4. The molecule has 2 rings (SSSR count). The summed E-state index contributed by atoms with van der Waals surface area (Å²) in [5.41, 5.74) is 12.0. The Kier molecular flexibility index (Phi) is 25.5. The molecule has 4 N–H and O–H groups in total. The van der Waals surface area contributed by atoms with Crippen LogP contribution in [-0.4, -0.2) is 75.1 Å². The van der Waals surface area contributed by atoms with E-state index in [9.17, 15) is 4.79 Å². The summed E-state index contributed by atoms with van der Waals surface area (Å²) in [6.45, 7) is 27.1. The summed E-state index contributed by atoms with van der Waals surface area (Å²) in [6.07, 6.45) is 23.9. The standard InChI is InChI=1S/C48H95N3O4/c1-10-15-18-20-32-51(33-21-19-16-11-2)45(52)27-24-38(6)40-25-26-41-46(43(14-5)54-34-17-12-3)42(37-44(48(40,41)9)55-36-23-31-50)47(7,8)29-28-39(13-4)53-35-22-30-49/h38-44,46H,10-37,49-50H2,1-9H3/t38-,39+,40-,41+,42+,43-,44+,46?,48-/m1/s1. The van der Waals surface area contributed by atoms with Gasteiger partial charge in [-0.15, -0.1) is 0 Å². The minimum atomic E-state index is 0.0348. The van der Waals surface area contributed by atoms with Crippen LogP contribution in [0, 0.1) is 40.4 Å². The van der Waals surface area contributed by atoms with Gasteiger partial charge in [-0.05, 0) is 132 Å². The Morgan fingerprint density at radius 2 is 1.40 bits per heavy atom. The lowest BCUT2D eigenvalue weighted by Crippen LogP contribution is -2.58. The van der Waals surface area contributed by atoms with Gasteiger partial charge < -0.3 is 30.6 Å². The van der Waals surface area contributed by atoms with Gasteiger partial charge in [0, 0.05) is 44.7 Å². The van der Waals surface area contributed by atoms with Gasteiger partial charge in [0.15, 0.2) is 0 Å². The van der Waals surface area contributed by atoms with Gasteiger partial charge in [-0.25, -0.2) is 0 Å². The van der Waals surface area contributed by atoms with E-state index in [-0.39, 0.29) is 29.1 Å². The van der Waals surface area contributed by atoms with Crippen LogP contribution in [0.25, 0.3) is 0 Å². The molecule has 0 spiro atoms. The Labute approximate surface area is 342 Å². The van der Waals surface area contributed by atoms with Crippen LogP contribution in [0.5, 0.6) is 0 Å². The Balaban J connectivity index is 2.40. The van der Waals surface area contributed by atoms with Crippen molar-refractivity contribution < 1.29 is 19.0 Å². The van der Waals surface area contributed by atoms with Crippen molar-refractivity contribution in [3.63, 3.8) is 0 Å². The molecule has 9 atom stereocenters. The van der Waals surface area contributed by atoms with Crippen LogP contribution >= 0.6 is 0 Å². The minimum Gasteiger partial charge on any atom is -0.378 e. The number of fused-ring (bicyclic) bond motifs is 1. The summed E-state index contributed by atoms with van der Waals surface area (Å²) in [6, 6.07) is 0. The quantitative estimate of drug-likeness (QED) is 0.0644. The maximum Gasteiger partial charge on any atom is 0.222 e. The minimum absolute atomic E-state index is 0.0348. The molecule has 2 aliphatic carbocycles. The number of hydrogen-bond donors (Lipinski definition) is 2. The SMILES string of the molecule is CCCCCCN(CCCCCC)C(=O)CC[C@@H](C)[C@H]1CC[C@H]2C([C@@H](CC)OCCCC)[C@@H](C(C)(C)CC[C@H](CC)OCCCN)C[C@H](OCCCN)[C@]12C. The molecule has 2 fully saturated rings. The average Bonchev–Trinajstić information content (AvgIpc) is 3.54. The van der Waals surface area contributed by atoms with Crippen molar-refractivity contribution in [1.82, 2.24) is 4.90 Å². The van der Waals surface area contributed by atoms with Crippen molar-refractivity contribution in [3.8, 4) is 0 Å². The number of ether oxygens (including phenoxy) is 3. The van der Waals surface area contributed by atoms with E-state index in [0.29, 0.717) is 55.0 Å². The molecule has 0 heterocycles. The number of unbranched alkanes of at least 4 members (excludes halogenated alkanes) is 7. The number of nitrogens with two attached hydrogens (primary N) is 2. The van der Waals surface area contributed by atoms with Gasteiger partial charge in [0.2, 0.25) is 5.91 Å². The lowest BCUT2D eigenvalue weighted by molar-refractivity contribution is -0.185. The first-order valence-electron chi connectivity index (χ1n) is 24.0. The van der Waals surface area contributed by atoms with Crippen molar-refractivity contribution in [2.45, 2.75) is 215 Å². The van der Waals surface area contributed by atoms with E-state index in [2.05, 4.69) is 67.2 Å². The van der Waals surface area contributed by atoms with E-state index in [1.54, 1.807) is 0 Å². The number of rotatable bonds is 33. The van der Waals surface area contributed by atoms with Crippen LogP contribution in [0.3, 0.4) is 0 Å². The number of amides is 1. The van der Waals surface area contributed by atoms with Gasteiger partial charge in [-0.3, -0.25) is 4.79 Å². The molecular weight excluding hydrogens is 683 g/mol. The molecule has 0 aromatic heterocycles. The van der Waals surface area contributed by atoms with E-state index in [0.717, 1.165) is 110 Å². The van der Waals surface area contributed by atoms with Crippen LogP contribution < -0.4 is 11.5 Å². The highest BCUT2D eigenvalue weighted by molar-refractivity contribution is 5.76. The third-order valence-corrected chi connectivity index (χ3v) is 14.5. The van der Waals surface area contributed by atoms with Crippen molar-refractivity contribution in [2.75, 3.05) is 46.0 Å². The highest BCUT2D eigenvalue weighted by Gasteiger charge is 2.62. The first-order valence-corrected chi connectivity index (χ1v) is 24.0. The Bertz CT molecular complexity index is 967. The van der Waals surface area contributed by atoms with Gasteiger partial charge in [-0.2, -0.15) is 0 Å². The second-order valence-electron chi connectivity index (χ2n) is 18.8. The molecule has 0 aromatic carbocycles. The molecule has 0 aliphatic heterocycles. The molecule has 0 aromatic rings. The van der Waals surface area contributed by atoms with E-state index < -0.39 is 0 Å². The molecular formula is C48H95N3O4. The predicted molar refractivity (Wildman–Crippen MR) is 234 cm³/mol. The number of carbonyl (C=O) groups excluding carboxylic acids is 1. The third-order valence-electron chi connectivity index (χ3n) is 14.5. The maximum absolute atomic E-state index is 13.9. The number of hydrogen-bond acceptors (Lipinski definition) is 6. The van der Waals surface area contributed by atoms with Crippen LogP contribution in [0.4, 0.5) is 0 Å². The molecule has 55 heavy (non-hydrogen) atoms.